The van der Waals surface area contributed by atoms with Gasteiger partial charge in [-0.05, 0) is 37.5 Å². The molecule has 0 aromatic heterocycles. The molecule has 1 aliphatic rings. The Hall–Kier alpha value is -0.910. The lowest BCUT2D eigenvalue weighted by molar-refractivity contribution is 0.294. The Morgan fingerprint density at radius 2 is 1.95 bits per heavy atom. The average Bonchev–Trinajstić information content (AvgIpc) is 2.38. The van der Waals surface area contributed by atoms with Crippen LogP contribution in [0.1, 0.15) is 44.6 Å². The van der Waals surface area contributed by atoms with Crippen LogP contribution in [0.5, 0.6) is 0 Å². The van der Waals surface area contributed by atoms with Gasteiger partial charge in [-0.2, -0.15) is 0 Å². The molecule has 19 heavy (non-hydrogen) atoms. The zero-order valence-corrected chi connectivity index (χ0v) is 12.2. The highest BCUT2D eigenvalue weighted by atomic mass is 32.2. The number of hydrogen-bond acceptors (Lipinski definition) is 3. The van der Waals surface area contributed by atoms with Crippen molar-refractivity contribution < 1.29 is 8.42 Å². The first-order valence-electron chi connectivity index (χ1n) is 6.78. The van der Waals surface area contributed by atoms with Gasteiger partial charge in [0.25, 0.3) is 0 Å². The molecular weight excluding hydrogens is 260 g/mol. The van der Waals surface area contributed by atoms with E-state index in [0.29, 0.717) is 11.4 Å². The van der Waals surface area contributed by atoms with Crippen LogP contribution in [-0.2, 0) is 16.6 Å². The molecule has 0 heterocycles. The van der Waals surface area contributed by atoms with Crippen molar-refractivity contribution in [2.24, 2.45) is 5.73 Å². The Morgan fingerprint density at radius 1 is 1.26 bits per heavy atom. The number of benzene rings is 1. The average molecular weight is 282 g/mol. The van der Waals surface area contributed by atoms with Crippen molar-refractivity contribution in [2.45, 2.75) is 56.0 Å². The summed E-state index contributed by atoms with van der Waals surface area (Å²) in [6.45, 7) is 2.34. The number of nitrogens with one attached hydrogen (secondary N) is 1. The lowest BCUT2D eigenvalue weighted by Crippen LogP contribution is -2.47. The standard InChI is InChI=1S/C14H22N2O2S/c1-14(8-3-2-4-9-14)16-19(17,18)13-7-5-6-12(10-13)11-15/h5-7,10,16H,2-4,8-9,11,15H2,1H3. The number of hydrogen-bond donors (Lipinski definition) is 2. The van der Waals surface area contributed by atoms with Crippen molar-refractivity contribution >= 4 is 10.0 Å². The fourth-order valence-corrected chi connectivity index (χ4v) is 4.19. The normalized spacial score (nSPS) is 19.3. The Bertz CT molecular complexity index is 534. The van der Waals surface area contributed by atoms with Crippen LogP contribution in [0.2, 0.25) is 0 Å². The fourth-order valence-electron chi connectivity index (χ4n) is 2.66. The third kappa shape index (κ3) is 3.55. The van der Waals surface area contributed by atoms with Gasteiger partial charge in [-0.15, -0.1) is 0 Å². The maximum Gasteiger partial charge on any atom is 0.241 e. The van der Waals surface area contributed by atoms with Gasteiger partial charge in [0.2, 0.25) is 10.0 Å². The zero-order valence-electron chi connectivity index (χ0n) is 11.4. The summed E-state index contributed by atoms with van der Waals surface area (Å²) in [7, 11) is -3.46. The molecule has 1 aromatic carbocycles. The quantitative estimate of drug-likeness (QED) is 0.888. The summed E-state index contributed by atoms with van der Waals surface area (Å²) < 4.78 is 27.7. The van der Waals surface area contributed by atoms with E-state index in [1.54, 1.807) is 18.2 Å². The van der Waals surface area contributed by atoms with E-state index in [2.05, 4.69) is 4.72 Å². The Kier molecular flexibility index (Phi) is 4.28. The molecule has 1 saturated carbocycles. The molecule has 0 amide bonds. The predicted octanol–water partition coefficient (Wildman–Crippen LogP) is 2.15. The lowest BCUT2D eigenvalue weighted by Gasteiger charge is -2.34. The topological polar surface area (TPSA) is 72.2 Å². The molecule has 0 radical (unpaired) electrons. The van der Waals surface area contributed by atoms with Crippen molar-refractivity contribution in [1.82, 2.24) is 4.72 Å². The lowest BCUT2D eigenvalue weighted by atomic mass is 9.84. The largest absolute Gasteiger partial charge is 0.326 e. The van der Waals surface area contributed by atoms with E-state index in [9.17, 15) is 8.42 Å². The zero-order chi connectivity index (χ0) is 13.9. The molecule has 1 aromatic rings. The summed E-state index contributed by atoms with van der Waals surface area (Å²) in [5.74, 6) is 0. The van der Waals surface area contributed by atoms with Crippen LogP contribution in [0.3, 0.4) is 0 Å². The molecular formula is C14H22N2O2S. The maximum absolute atomic E-state index is 12.4. The van der Waals surface area contributed by atoms with E-state index >= 15 is 0 Å². The number of rotatable bonds is 4. The van der Waals surface area contributed by atoms with Crippen molar-refractivity contribution in [3.63, 3.8) is 0 Å². The summed E-state index contributed by atoms with van der Waals surface area (Å²) in [6, 6.07) is 6.84. The van der Waals surface area contributed by atoms with Crippen LogP contribution in [0.4, 0.5) is 0 Å². The minimum Gasteiger partial charge on any atom is -0.326 e. The van der Waals surface area contributed by atoms with E-state index in [0.717, 1.165) is 31.2 Å². The molecule has 0 unspecified atom stereocenters. The second-order valence-corrected chi connectivity index (χ2v) is 7.26. The fraction of sp³-hybridized carbons (Fsp3) is 0.571. The summed E-state index contributed by atoms with van der Waals surface area (Å²) in [6.07, 6.45) is 5.18. The van der Waals surface area contributed by atoms with Crippen LogP contribution in [0.25, 0.3) is 0 Å². The summed E-state index contributed by atoms with van der Waals surface area (Å²) in [5, 5.41) is 0. The van der Waals surface area contributed by atoms with Crippen LogP contribution >= 0.6 is 0 Å². The monoisotopic (exact) mass is 282 g/mol. The van der Waals surface area contributed by atoms with Gasteiger partial charge in [-0.3, -0.25) is 0 Å². The van der Waals surface area contributed by atoms with Gasteiger partial charge < -0.3 is 5.73 Å². The Balaban J connectivity index is 2.21. The molecule has 0 aliphatic heterocycles. The van der Waals surface area contributed by atoms with E-state index in [-0.39, 0.29) is 5.54 Å². The van der Waals surface area contributed by atoms with Gasteiger partial charge in [0.1, 0.15) is 0 Å². The van der Waals surface area contributed by atoms with Crippen molar-refractivity contribution in [3.05, 3.63) is 29.8 Å². The highest BCUT2D eigenvalue weighted by molar-refractivity contribution is 7.89. The molecule has 1 fully saturated rings. The van der Waals surface area contributed by atoms with E-state index in [1.165, 1.54) is 6.42 Å². The van der Waals surface area contributed by atoms with Crippen LogP contribution in [0.15, 0.2) is 29.2 Å². The second-order valence-electron chi connectivity index (χ2n) is 5.58. The molecule has 3 N–H and O–H groups in total. The first kappa shape index (κ1) is 14.5. The van der Waals surface area contributed by atoms with E-state index < -0.39 is 10.0 Å². The van der Waals surface area contributed by atoms with Crippen molar-refractivity contribution in [3.8, 4) is 0 Å². The van der Waals surface area contributed by atoms with Gasteiger partial charge >= 0.3 is 0 Å². The van der Waals surface area contributed by atoms with Gasteiger partial charge in [0.05, 0.1) is 4.90 Å². The van der Waals surface area contributed by atoms with Crippen molar-refractivity contribution in [1.29, 1.82) is 0 Å². The minimum absolute atomic E-state index is 0.308. The maximum atomic E-state index is 12.4. The third-order valence-corrected chi connectivity index (χ3v) is 5.42. The molecule has 0 bridgehead atoms. The Labute approximate surface area is 115 Å². The molecule has 106 valence electrons. The van der Waals surface area contributed by atoms with E-state index in [4.69, 9.17) is 5.73 Å². The van der Waals surface area contributed by atoms with Crippen LogP contribution in [0, 0.1) is 0 Å². The molecule has 0 spiro atoms. The minimum atomic E-state index is -3.46. The number of nitrogens with two attached hydrogens (primary N) is 1. The molecule has 4 nitrogen and oxygen atoms in total. The third-order valence-electron chi connectivity index (χ3n) is 3.78. The highest BCUT2D eigenvalue weighted by Gasteiger charge is 2.31. The summed E-state index contributed by atoms with van der Waals surface area (Å²) in [5.41, 5.74) is 6.08. The summed E-state index contributed by atoms with van der Waals surface area (Å²) in [4.78, 5) is 0.308. The first-order chi connectivity index (χ1) is 8.95. The van der Waals surface area contributed by atoms with Crippen LogP contribution < -0.4 is 10.5 Å². The van der Waals surface area contributed by atoms with Crippen molar-refractivity contribution in [2.75, 3.05) is 0 Å². The smallest absolute Gasteiger partial charge is 0.241 e. The molecule has 0 saturated heterocycles. The highest BCUT2D eigenvalue weighted by Crippen LogP contribution is 2.29. The van der Waals surface area contributed by atoms with Crippen LogP contribution in [-0.4, -0.2) is 14.0 Å². The molecule has 1 aliphatic carbocycles. The van der Waals surface area contributed by atoms with Gasteiger partial charge in [0, 0.05) is 12.1 Å². The molecule has 2 rings (SSSR count). The molecule has 0 atom stereocenters. The van der Waals surface area contributed by atoms with Gasteiger partial charge in [0.15, 0.2) is 0 Å². The van der Waals surface area contributed by atoms with Gasteiger partial charge in [-0.1, -0.05) is 31.4 Å². The van der Waals surface area contributed by atoms with Gasteiger partial charge in [-0.25, -0.2) is 13.1 Å². The second kappa shape index (κ2) is 5.61. The molecule has 5 heteroatoms. The Morgan fingerprint density at radius 3 is 2.58 bits per heavy atom. The first-order valence-corrected chi connectivity index (χ1v) is 8.27. The predicted molar refractivity (Wildman–Crippen MR) is 76.1 cm³/mol. The number of sulfonamides is 1. The van der Waals surface area contributed by atoms with E-state index in [1.807, 2.05) is 13.0 Å². The summed E-state index contributed by atoms with van der Waals surface area (Å²) >= 11 is 0. The SMILES string of the molecule is CC1(NS(=O)(=O)c2cccc(CN)c2)CCCCC1.